The van der Waals surface area contributed by atoms with Gasteiger partial charge in [-0.2, -0.15) is 0 Å². The molecule has 11 heteroatoms. The van der Waals surface area contributed by atoms with Gasteiger partial charge in [0, 0.05) is 67.0 Å². The number of hydrogen-bond acceptors (Lipinski definition) is 4. The normalized spacial score (nSPS) is 13.7. The monoisotopic (exact) mass is 911 g/mol. The molecular formula is C56H47B6NOS3. The average Bonchev–Trinajstić information content (AvgIpc) is 3.99. The van der Waals surface area contributed by atoms with Gasteiger partial charge >= 0.3 is 0 Å². The van der Waals surface area contributed by atoms with Crippen LogP contribution in [0, 0.1) is 0 Å². The van der Waals surface area contributed by atoms with Gasteiger partial charge in [-0.15, -0.1) is 27.7 Å². The third-order valence-corrected chi connectivity index (χ3v) is 19.2. The molecule has 0 unspecified atom stereocenters. The molecule has 2 nitrogen and oxygen atoms in total. The van der Waals surface area contributed by atoms with Gasteiger partial charge in [-0.05, 0) is 105 Å². The average molecular weight is 911 g/mol. The highest BCUT2D eigenvalue weighted by atomic mass is 32.2. The van der Waals surface area contributed by atoms with E-state index < -0.39 is 0 Å². The van der Waals surface area contributed by atoms with Gasteiger partial charge in [-0.1, -0.05) is 136 Å². The zero-order chi connectivity index (χ0) is 46.2. The number of aromatic nitrogens is 1. The molecule has 2 aliphatic heterocycles. The Bertz CT molecular complexity index is 3940. The second-order valence-corrected chi connectivity index (χ2v) is 24.6. The molecule has 8 aromatic carbocycles. The first-order valence-electron chi connectivity index (χ1n) is 23.7. The Morgan fingerprint density at radius 1 is 0.537 bits per heavy atom. The minimum Gasteiger partial charge on any atom is -0.457 e. The van der Waals surface area contributed by atoms with Crippen LogP contribution in [0.5, 0.6) is 0 Å². The highest BCUT2D eigenvalue weighted by Gasteiger charge is 2.43. The van der Waals surface area contributed by atoms with E-state index in [9.17, 15) is 0 Å². The Balaban J connectivity index is 1.12. The molecule has 0 radical (unpaired) electrons. The zero-order valence-corrected chi connectivity index (χ0v) is 42.6. The molecule has 0 atom stereocenters. The topological polar surface area (TPSA) is 18.1 Å². The third-order valence-electron chi connectivity index (χ3n) is 15.6. The summed E-state index contributed by atoms with van der Waals surface area (Å²) in [5.41, 5.74) is 22.1. The summed E-state index contributed by atoms with van der Waals surface area (Å²) in [6.45, 7) is 13.9. The van der Waals surface area contributed by atoms with Crippen LogP contribution in [0.4, 0.5) is 0 Å². The third kappa shape index (κ3) is 5.93. The van der Waals surface area contributed by atoms with E-state index in [4.69, 9.17) is 4.42 Å². The molecule has 13 rings (SSSR count). The van der Waals surface area contributed by atoms with Crippen molar-refractivity contribution in [2.45, 2.75) is 72.0 Å². The van der Waals surface area contributed by atoms with Crippen molar-refractivity contribution in [1.82, 2.24) is 4.57 Å². The first-order valence-corrected chi connectivity index (χ1v) is 26.1. The second kappa shape index (κ2) is 14.4. The zero-order valence-electron chi connectivity index (χ0n) is 40.1. The molecule has 2 aliphatic rings. The minimum absolute atomic E-state index is 0.0104. The van der Waals surface area contributed by atoms with E-state index in [-0.39, 0.29) is 17.5 Å². The summed E-state index contributed by atoms with van der Waals surface area (Å²) in [6.07, 6.45) is 0. The Kier molecular flexibility index (Phi) is 8.96. The van der Waals surface area contributed by atoms with Gasteiger partial charge in [-0.25, -0.2) is 0 Å². The Morgan fingerprint density at radius 2 is 1.13 bits per heavy atom. The number of para-hydroxylation sites is 1. The van der Waals surface area contributed by atoms with Gasteiger partial charge in [0.05, 0.1) is 11.0 Å². The van der Waals surface area contributed by atoms with Crippen LogP contribution in [-0.2, 0) is 10.8 Å². The second-order valence-electron chi connectivity index (χ2n) is 21.4. The van der Waals surface area contributed by atoms with E-state index in [0.29, 0.717) is 0 Å². The summed E-state index contributed by atoms with van der Waals surface area (Å²) in [5, 5.41) is 7.68. The number of hydrogen-bond donors (Lipinski definition) is 0. The Labute approximate surface area is 409 Å². The molecule has 5 heterocycles. The van der Waals surface area contributed by atoms with E-state index >= 15 is 0 Å². The van der Waals surface area contributed by atoms with Gasteiger partial charge in [-0.3, -0.25) is 0 Å². The van der Waals surface area contributed by atoms with Crippen molar-refractivity contribution in [3.8, 4) is 16.8 Å². The predicted molar refractivity (Wildman–Crippen MR) is 310 cm³/mol. The molecule has 3 aromatic heterocycles. The molecular weight excluding hydrogens is 864 g/mol. The standard InChI is InChI=1S/C56H47B6NOS3/c1-55(2,3)27-15-19-35-32(23-27)33-24-28(56(4,5)6)16-20-36(33)63(35)29-17-18-34-39(25-29)65-40-21-26(42-45(57)47(59)49(61)48(60)46(42)58)22-41-50(40)62(34)51-52-43(30-11-7-9-13-37(30)64-52)44-31-12-8-10-14-38(31)66-53(44)54(51)67-41/h7-25H,57-61H2,1-6H3. The van der Waals surface area contributed by atoms with Crippen LogP contribution in [0.2, 0.25) is 0 Å². The first kappa shape index (κ1) is 41.8. The van der Waals surface area contributed by atoms with Gasteiger partial charge in [0.15, 0.2) is 0 Å². The summed E-state index contributed by atoms with van der Waals surface area (Å²) in [7, 11) is 11.5. The summed E-state index contributed by atoms with van der Waals surface area (Å²) in [6, 6.07) is 44.4. The minimum atomic E-state index is -0.0104. The lowest BCUT2D eigenvalue weighted by atomic mass is 9.36. The fourth-order valence-electron chi connectivity index (χ4n) is 11.6. The summed E-state index contributed by atoms with van der Waals surface area (Å²) >= 11 is 5.86. The summed E-state index contributed by atoms with van der Waals surface area (Å²) in [4.78, 5) is 5.32. The van der Waals surface area contributed by atoms with E-state index in [0.717, 1.165) is 11.2 Å². The van der Waals surface area contributed by atoms with Crippen molar-refractivity contribution in [2.24, 2.45) is 0 Å². The van der Waals surface area contributed by atoms with Crippen LogP contribution >= 0.6 is 34.9 Å². The highest BCUT2D eigenvalue weighted by Crippen LogP contribution is 2.51. The number of fused-ring (bicyclic) bond motifs is 16. The van der Waals surface area contributed by atoms with Crippen molar-refractivity contribution in [1.29, 1.82) is 0 Å². The maximum absolute atomic E-state index is 7.19. The number of thiophene rings is 1. The van der Waals surface area contributed by atoms with E-state index in [2.05, 4.69) is 201 Å². The van der Waals surface area contributed by atoms with Crippen molar-refractivity contribution >= 4 is 188 Å². The molecule has 0 N–H and O–H groups in total. The van der Waals surface area contributed by atoms with Crippen LogP contribution < -0.4 is 43.7 Å². The van der Waals surface area contributed by atoms with Crippen LogP contribution in [0.1, 0.15) is 52.7 Å². The molecule has 0 bridgehead atoms. The van der Waals surface area contributed by atoms with Crippen LogP contribution in [0.25, 0.3) is 80.7 Å². The van der Waals surface area contributed by atoms with Crippen molar-refractivity contribution < 1.29 is 4.42 Å². The lowest BCUT2D eigenvalue weighted by molar-refractivity contribution is 0.590. The summed E-state index contributed by atoms with van der Waals surface area (Å²) in [5.74, 6) is 0. The van der Waals surface area contributed by atoms with Gasteiger partial charge in [0.25, 0.3) is 6.71 Å². The van der Waals surface area contributed by atoms with Crippen LogP contribution in [0.15, 0.2) is 139 Å². The lowest BCUT2D eigenvalue weighted by Gasteiger charge is -2.34. The number of benzene rings is 8. The molecule has 0 saturated heterocycles. The van der Waals surface area contributed by atoms with Crippen LogP contribution in [0.3, 0.4) is 0 Å². The molecule has 0 amide bonds. The largest absolute Gasteiger partial charge is 0.457 e. The Hall–Kier alpha value is -5.33. The van der Waals surface area contributed by atoms with E-state index in [1.54, 1.807) is 0 Å². The maximum Gasteiger partial charge on any atom is 0.252 e. The Morgan fingerprint density at radius 3 is 1.79 bits per heavy atom. The molecule has 318 valence electrons. The van der Waals surface area contributed by atoms with Crippen molar-refractivity contribution in [3.63, 3.8) is 0 Å². The predicted octanol–water partition coefficient (Wildman–Crippen LogP) is 6.05. The highest BCUT2D eigenvalue weighted by molar-refractivity contribution is 8.01. The maximum atomic E-state index is 7.19. The molecule has 0 saturated carbocycles. The molecule has 0 aliphatic carbocycles. The van der Waals surface area contributed by atoms with Gasteiger partial charge < -0.3 is 8.98 Å². The quantitative estimate of drug-likeness (QED) is 0.197. The van der Waals surface area contributed by atoms with E-state index in [1.807, 2.05) is 34.9 Å². The molecule has 0 fully saturated rings. The fourth-order valence-corrected chi connectivity index (χ4v) is 15.5. The first-order chi connectivity index (χ1) is 32.1. The SMILES string of the molecule is Bc1c(B)c(B)c(-c2cc3c4c(c2)Sc2c(c5oc6ccccc6c5c5c2sc2ccccc25)B4c2ccc(-n4c5ccc(C(C)(C)C)cc5c5cc(C(C)(C)C)ccc54)cc2S3)c(B)c1B. The van der Waals surface area contributed by atoms with Crippen molar-refractivity contribution in [3.05, 3.63) is 126 Å². The van der Waals surface area contributed by atoms with Crippen molar-refractivity contribution in [2.75, 3.05) is 0 Å². The molecule has 67 heavy (non-hydrogen) atoms. The number of furan rings is 1. The molecule has 0 spiro atoms. The molecule has 11 aromatic rings. The number of nitrogens with zero attached hydrogens (tertiary/aromatic N) is 1. The van der Waals surface area contributed by atoms with Gasteiger partial charge in [0.1, 0.15) is 50.4 Å². The van der Waals surface area contributed by atoms with Crippen LogP contribution in [-0.4, -0.2) is 50.5 Å². The fraction of sp³-hybridized carbons (Fsp3) is 0.143. The lowest BCUT2D eigenvalue weighted by Crippen LogP contribution is -2.58. The smallest absolute Gasteiger partial charge is 0.252 e. The van der Waals surface area contributed by atoms with E-state index in [1.165, 1.54) is 144 Å². The summed E-state index contributed by atoms with van der Waals surface area (Å²) < 4.78 is 12.4. The number of rotatable bonds is 2. The van der Waals surface area contributed by atoms with Gasteiger partial charge in [0.2, 0.25) is 0 Å².